The average Bonchev–Trinajstić information content (AvgIpc) is 2.32. The van der Waals surface area contributed by atoms with Gasteiger partial charge in [0.15, 0.2) is 5.82 Å². The van der Waals surface area contributed by atoms with E-state index in [0.717, 1.165) is 31.5 Å². The summed E-state index contributed by atoms with van der Waals surface area (Å²) in [5.41, 5.74) is 0. The van der Waals surface area contributed by atoms with Crippen molar-refractivity contribution in [2.24, 2.45) is 0 Å². The van der Waals surface area contributed by atoms with E-state index in [1.807, 2.05) is 0 Å². The first-order chi connectivity index (χ1) is 8.67. The van der Waals surface area contributed by atoms with Crippen LogP contribution in [0, 0.1) is 0 Å². The molecular weight excluding hydrogens is 254 g/mol. The first kappa shape index (κ1) is 13.5. The lowest BCUT2D eigenvalue weighted by molar-refractivity contribution is 0.126. The van der Waals surface area contributed by atoms with E-state index in [0.29, 0.717) is 23.6 Å². The molecule has 0 saturated heterocycles. The zero-order valence-corrected chi connectivity index (χ0v) is 11.2. The maximum Gasteiger partial charge on any atom is 0.158 e. The van der Waals surface area contributed by atoms with Crippen LogP contribution in [0.5, 0.6) is 0 Å². The van der Waals surface area contributed by atoms with E-state index in [2.05, 4.69) is 15.3 Å². The molecular formula is C12H18ClN3O2. The zero-order valence-electron chi connectivity index (χ0n) is 10.4. The van der Waals surface area contributed by atoms with Crippen molar-refractivity contribution >= 4 is 17.4 Å². The second-order valence-electron chi connectivity index (χ2n) is 4.57. The molecule has 1 aromatic rings. The number of ether oxygens (including phenoxy) is 1. The van der Waals surface area contributed by atoms with Crippen molar-refractivity contribution < 1.29 is 9.84 Å². The molecule has 100 valence electrons. The molecule has 0 aromatic carbocycles. The summed E-state index contributed by atoms with van der Waals surface area (Å²) in [7, 11) is 1.60. The molecule has 2 rings (SSSR count). The second-order valence-corrected chi connectivity index (χ2v) is 4.96. The third-order valence-corrected chi connectivity index (χ3v) is 3.26. The molecule has 2 N–H and O–H groups in total. The molecule has 0 aliphatic heterocycles. The number of nitrogens with one attached hydrogen (secondary N) is 1. The van der Waals surface area contributed by atoms with Crippen LogP contribution >= 0.6 is 11.6 Å². The van der Waals surface area contributed by atoms with Crippen LogP contribution in [-0.2, 0) is 11.3 Å². The van der Waals surface area contributed by atoms with E-state index in [1.165, 1.54) is 0 Å². The van der Waals surface area contributed by atoms with Crippen LogP contribution in [0.1, 0.15) is 31.5 Å². The van der Waals surface area contributed by atoms with Crippen LogP contribution in [0.15, 0.2) is 6.07 Å². The van der Waals surface area contributed by atoms with Gasteiger partial charge in [-0.1, -0.05) is 11.6 Å². The Balaban J connectivity index is 2.00. The Kier molecular flexibility index (Phi) is 4.74. The van der Waals surface area contributed by atoms with Gasteiger partial charge in [0.05, 0.1) is 6.10 Å². The number of aliphatic hydroxyl groups is 1. The maximum atomic E-state index is 9.46. The largest absolute Gasteiger partial charge is 0.393 e. The highest BCUT2D eigenvalue weighted by Gasteiger charge is 2.19. The van der Waals surface area contributed by atoms with E-state index < -0.39 is 0 Å². The van der Waals surface area contributed by atoms with Gasteiger partial charge >= 0.3 is 0 Å². The molecule has 1 aliphatic rings. The van der Waals surface area contributed by atoms with E-state index in [1.54, 1.807) is 13.2 Å². The molecule has 1 saturated carbocycles. The number of hydrogen-bond donors (Lipinski definition) is 2. The van der Waals surface area contributed by atoms with E-state index in [-0.39, 0.29) is 6.10 Å². The predicted octanol–water partition coefficient (Wildman–Crippen LogP) is 1.99. The van der Waals surface area contributed by atoms with Crippen LogP contribution in [0.2, 0.25) is 5.15 Å². The molecule has 1 heterocycles. The maximum absolute atomic E-state index is 9.46. The summed E-state index contributed by atoms with van der Waals surface area (Å²) < 4.78 is 5.00. The van der Waals surface area contributed by atoms with Gasteiger partial charge in [-0.05, 0) is 25.7 Å². The van der Waals surface area contributed by atoms with Crippen molar-refractivity contribution in [1.29, 1.82) is 0 Å². The molecule has 1 aliphatic carbocycles. The highest BCUT2D eigenvalue weighted by Crippen LogP contribution is 2.22. The fourth-order valence-corrected chi connectivity index (χ4v) is 2.36. The highest BCUT2D eigenvalue weighted by atomic mass is 35.5. The van der Waals surface area contributed by atoms with Crippen molar-refractivity contribution in [2.45, 2.75) is 44.4 Å². The summed E-state index contributed by atoms with van der Waals surface area (Å²) in [5, 5.41) is 13.2. The van der Waals surface area contributed by atoms with Crippen LogP contribution in [-0.4, -0.2) is 34.3 Å². The standard InChI is InChI=1S/C12H18ClN3O2/c1-18-7-12-15-10(13)6-11(16-12)14-8-2-4-9(17)5-3-8/h6,8-9,17H,2-5,7H2,1H3,(H,14,15,16). The molecule has 0 spiro atoms. The number of aromatic nitrogens is 2. The van der Waals surface area contributed by atoms with Crippen molar-refractivity contribution in [3.63, 3.8) is 0 Å². The van der Waals surface area contributed by atoms with Gasteiger partial charge in [-0.2, -0.15) is 0 Å². The number of anilines is 1. The Labute approximate surface area is 112 Å². The van der Waals surface area contributed by atoms with Gasteiger partial charge < -0.3 is 15.2 Å². The van der Waals surface area contributed by atoms with Gasteiger partial charge in [0.25, 0.3) is 0 Å². The third kappa shape index (κ3) is 3.80. The number of aliphatic hydroxyl groups excluding tert-OH is 1. The predicted molar refractivity (Wildman–Crippen MR) is 69.6 cm³/mol. The number of methoxy groups -OCH3 is 1. The number of rotatable bonds is 4. The number of halogens is 1. The molecule has 1 aromatic heterocycles. The summed E-state index contributed by atoms with van der Waals surface area (Å²) in [5.74, 6) is 1.30. The van der Waals surface area contributed by atoms with Crippen molar-refractivity contribution in [3.8, 4) is 0 Å². The number of nitrogens with zero attached hydrogens (tertiary/aromatic N) is 2. The fourth-order valence-electron chi connectivity index (χ4n) is 2.16. The summed E-state index contributed by atoms with van der Waals surface area (Å²) in [6.45, 7) is 0.346. The Morgan fingerprint density at radius 1 is 1.39 bits per heavy atom. The topological polar surface area (TPSA) is 67.3 Å². The molecule has 6 heteroatoms. The molecule has 0 bridgehead atoms. The summed E-state index contributed by atoms with van der Waals surface area (Å²) >= 11 is 5.94. The first-order valence-electron chi connectivity index (χ1n) is 6.14. The van der Waals surface area contributed by atoms with Gasteiger partial charge in [-0.25, -0.2) is 9.97 Å². The lowest BCUT2D eigenvalue weighted by atomic mass is 9.93. The minimum absolute atomic E-state index is 0.152. The Morgan fingerprint density at radius 2 is 2.11 bits per heavy atom. The van der Waals surface area contributed by atoms with Crippen LogP contribution < -0.4 is 5.32 Å². The second kappa shape index (κ2) is 6.31. The lowest BCUT2D eigenvalue weighted by Crippen LogP contribution is -2.28. The van der Waals surface area contributed by atoms with Gasteiger partial charge in [0, 0.05) is 19.2 Å². The van der Waals surface area contributed by atoms with E-state index >= 15 is 0 Å². The molecule has 5 nitrogen and oxygen atoms in total. The molecule has 0 atom stereocenters. The normalized spacial score (nSPS) is 23.9. The average molecular weight is 272 g/mol. The van der Waals surface area contributed by atoms with Gasteiger partial charge in [-0.3, -0.25) is 0 Å². The zero-order chi connectivity index (χ0) is 13.0. The van der Waals surface area contributed by atoms with Crippen molar-refractivity contribution in [1.82, 2.24) is 9.97 Å². The Morgan fingerprint density at radius 3 is 2.78 bits per heavy atom. The fraction of sp³-hybridized carbons (Fsp3) is 0.667. The van der Waals surface area contributed by atoms with E-state index in [9.17, 15) is 5.11 Å². The van der Waals surface area contributed by atoms with Gasteiger partial charge in [0.2, 0.25) is 0 Å². The minimum atomic E-state index is -0.152. The summed E-state index contributed by atoms with van der Waals surface area (Å²) in [6, 6.07) is 2.06. The van der Waals surface area contributed by atoms with Crippen LogP contribution in [0.3, 0.4) is 0 Å². The van der Waals surface area contributed by atoms with Crippen molar-refractivity contribution in [2.75, 3.05) is 12.4 Å². The molecule has 0 unspecified atom stereocenters. The van der Waals surface area contributed by atoms with Crippen LogP contribution in [0.25, 0.3) is 0 Å². The first-order valence-corrected chi connectivity index (χ1v) is 6.52. The Hall–Kier alpha value is -0.910. The third-order valence-electron chi connectivity index (χ3n) is 3.06. The van der Waals surface area contributed by atoms with Gasteiger partial charge in [-0.15, -0.1) is 0 Å². The molecule has 0 radical (unpaired) electrons. The SMILES string of the molecule is COCc1nc(Cl)cc(NC2CCC(O)CC2)n1. The Bertz CT molecular complexity index is 395. The van der Waals surface area contributed by atoms with Crippen molar-refractivity contribution in [3.05, 3.63) is 17.0 Å². The lowest BCUT2D eigenvalue weighted by Gasteiger charge is -2.26. The summed E-state index contributed by atoms with van der Waals surface area (Å²) in [6.07, 6.45) is 3.41. The molecule has 0 amide bonds. The monoisotopic (exact) mass is 271 g/mol. The van der Waals surface area contributed by atoms with Crippen LogP contribution in [0.4, 0.5) is 5.82 Å². The minimum Gasteiger partial charge on any atom is -0.393 e. The number of hydrogen-bond acceptors (Lipinski definition) is 5. The molecule has 18 heavy (non-hydrogen) atoms. The van der Waals surface area contributed by atoms with Gasteiger partial charge in [0.1, 0.15) is 17.6 Å². The summed E-state index contributed by atoms with van der Waals surface area (Å²) in [4.78, 5) is 8.42. The smallest absolute Gasteiger partial charge is 0.158 e. The molecule has 1 fully saturated rings. The highest BCUT2D eigenvalue weighted by molar-refractivity contribution is 6.29. The van der Waals surface area contributed by atoms with E-state index in [4.69, 9.17) is 16.3 Å². The quantitative estimate of drug-likeness (QED) is 0.820.